The molecule has 0 saturated heterocycles. The molecule has 1 aliphatic rings. The first kappa shape index (κ1) is 15.9. The lowest BCUT2D eigenvalue weighted by atomic mass is 10.1. The molecule has 1 unspecified atom stereocenters. The molecule has 26 heavy (non-hydrogen) atoms. The minimum absolute atomic E-state index is 0.00752. The smallest absolute Gasteiger partial charge is 0.413 e. The molecular formula is C17H16N6O3. The predicted octanol–water partition coefficient (Wildman–Crippen LogP) is 2.90. The normalized spacial score (nSPS) is 14.1. The van der Waals surface area contributed by atoms with Crippen LogP contribution in [-0.2, 0) is 11.3 Å². The molecule has 0 radical (unpaired) electrons. The third-order valence-electron chi connectivity index (χ3n) is 4.07. The third kappa shape index (κ3) is 3.02. The molecule has 132 valence electrons. The van der Waals surface area contributed by atoms with Gasteiger partial charge in [-0.25, -0.2) is 14.6 Å². The number of hydrogen-bond acceptors (Lipinski definition) is 5. The molecular weight excluding hydrogens is 336 g/mol. The van der Waals surface area contributed by atoms with Crippen molar-refractivity contribution in [1.29, 1.82) is 0 Å². The van der Waals surface area contributed by atoms with Crippen LogP contribution in [0.5, 0.6) is 0 Å². The number of pyridine rings is 1. The van der Waals surface area contributed by atoms with E-state index in [1.54, 1.807) is 6.07 Å². The molecule has 3 heterocycles. The van der Waals surface area contributed by atoms with Crippen LogP contribution in [0.2, 0.25) is 0 Å². The second-order valence-electron chi connectivity index (χ2n) is 5.88. The van der Waals surface area contributed by atoms with Gasteiger partial charge in [0.25, 0.3) is 0 Å². The number of benzene rings is 1. The van der Waals surface area contributed by atoms with E-state index < -0.39 is 6.09 Å². The van der Waals surface area contributed by atoms with E-state index in [1.165, 1.54) is 0 Å². The average Bonchev–Trinajstić information content (AvgIpc) is 2.95. The van der Waals surface area contributed by atoms with E-state index in [-0.39, 0.29) is 18.7 Å². The van der Waals surface area contributed by atoms with Gasteiger partial charge < -0.3 is 10.1 Å². The van der Waals surface area contributed by atoms with Crippen LogP contribution in [0.15, 0.2) is 36.4 Å². The van der Waals surface area contributed by atoms with Gasteiger partial charge in [-0.05, 0) is 12.5 Å². The van der Waals surface area contributed by atoms with E-state index in [9.17, 15) is 9.59 Å². The molecule has 1 atom stereocenters. The monoisotopic (exact) mass is 352 g/mol. The minimum atomic E-state index is -0.597. The summed E-state index contributed by atoms with van der Waals surface area (Å²) in [5.41, 5.74) is 2.15. The van der Waals surface area contributed by atoms with Crippen molar-refractivity contribution in [1.82, 2.24) is 20.5 Å². The highest BCUT2D eigenvalue weighted by Gasteiger charge is 2.21. The Morgan fingerprint density at radius 3 is 2.92 bits per heavy atom. The highest BCUT2D eigenvalue weighted by Crippen LogP contribution is 2.28. The number of aromatic amines is 1. The molecule has 3 amide bonds. The molecule has 9 nitrogen and oxygen atoms in total. The summed E-state index contributed by atoms with van der Waals surface area (Å²) in [6, 6.07) is 10.7. The maximum absolute atomic E-state index is 12.3. The van der Waals surface area contributed by atoms with E-state index in [4.69, 9.17) is 4.74 Å². The third-order valence-corrected chi connectivity index (χ3v) is 4.07. The lowest BCUT2D eigenvalue weighted by molar-refractivity contribution is 0.155. The number of anilines is 2. The van der Waals surface area contributed by atoms with Crippen molar-refractivity contribution >= 4 is 34.7 Å². The van der Waals surface area contributed by atoms with Crippen molar-refractivity contribution in [3.63, 3.8) is 0 Å². The van der Waals surface area contributed by atoms with E-state index in [2.05, 4.69) is 31.1 Å². The number of nitrogens with zero attached hydrogens (tertiary/aromatic N) is 2. The largest absolute Gasteiger partial charge is 0.443 e. The van der Waals surface area contributed by atoms with Gasteiger partial charge in [-0.3, -0.25) is 15.7 Å². The van der Waals surface area contributed by atoms with Crippen LogP contribution in [0.25, 0.3) is 10.9 Å². The van der Waals surface area contributed by atoms with Crippen molar-refractivity contribution in [3.05, 3.63) is 47.7 Å². The topological polar surface area (TPSA) is 121 Å². The van der Waals surface area contributed by atoms with Crippen LogP contribution >= 0.6 is 0 Å². The Kier molecular flexibility index (Phi) is 3.88. The Bertz CT molecular complexity index is 985. The number of urea groups is 1. The molecule has 0 bridgehead atoms. The number of rotatable bonds is 3. The Morgan fingerprint density at radius 1 is 1.31 bits per heavy atom. The summed E-state index contributed by atoms with van der Waals surface area (Å²) >= 11 is 0. The van der Waals surface area contributed by atoms with Gasteiger partial charge in [0.1, 0.15) is 12.4 Å². The number of H-pyrrole nitrogens is 1. The molecule has 0 spiro atoms. The van der Waals surface area contributed by atoms with Crippen LogP contribution < -0.4 is 16.0 Å². The highest BCUT2D eigenvalue weighted by atomic mass is 16.5. The zero-order valence-electron chi connectivity index (χ0n) is 13.9. The number of carbonyl (C=O) groups excluding carboxylic acids is 2. The maximum atomic E-state index is 12.3. The second kappa shape index (κ2) is 6.36. The van der Waals surface area contributed by atoms with Crippen molar-refractivity contribution in [2.75, 3.05) is 10.6 Å². The van der Waals surface area contributed by atoms with Crippen molar-refractivity contribution in [2.24, 2.45) is 0 Å². The maximum Gasteiger partial charge on any atom is 0.413 e. The summed E-state index contributed by atoms with van der Waals surface area (Å²) < 4.78 is 5.02. The molecule has 3 aromatic rings. The van der Waals surface area contributed by atoms with Crippen LogP contribution in [0.4, 0.5) is 21.2 Å². The first-order chi connectivity index (χ1) is 12.6. The molecule has 0 saturated carbocycles. The predicted molar refractivity (Wildman–Crippen MR) is 94.7 cm³/mol. The van der Waals surface area contributed by atoms with Crippen LogP contribution in [-0.4, -0.2) is 27.3 Å². The van der Waals surface area contributed by atoms with E-state index in [0.717, 1.165) is 5.56 Å². The molecule has 0 aliphatic carbocycles. The van der Waals surface area contributed by atoms with Crippen molar-refractivity contribution < 1.29 is 14.3 Å². The van der Waals surface area contributed by atoms with Crippen molar-refractivity contribution in [2.45, 2.75) is 19.6 Å². The molecule has 4 rings (SSSR count). The summed E-state index contributed by atoms with van der Waals surface area (Å²) in [6.07, 6.45) is -0.597. The number of cyclic esters (lactones) is 1. The lowest BCUT2D eigenvalue weighted by Crippen LogP contribution is -2.31. The Morgan fingerprint density at radius 2 is 2.12 bits per heavy atom. The first-order valence-electron chi connectivity index (χ1n) is 8.04. The first-order valence-corrected chi connectivity index (χ1v) is 8.04. The SMILES string of the molecule is CC(NC(=O)Nc1cc2[nH]nc3c2c(n1)COC(=O)N3)c1ccccc1. The van der Waals surface area contributed by atoms with Gasteiger partial charge in [0.15, 0.2) is 5.82 Å². The summed E-state index contributed by atoms with van der Waals surface area (Å²) in [5.74, 6) is 0.692. The highest BCUT2D eigenvalue weighted by molar-refractivity contribution is 6.01. The van der Waals surface area contributed by atoms with Gasteiger partial charge in [-0.1, -0.05) is 30.3 Å². The quantitative estimate of drug-likeness (QED) is 0.577. The van der Waals surface area contributed by atoms with Gasteiger partial charge in [0.2, 0.25) is 0 Å². The van der Waals surface area contributed by atoms with Gasteiger partial charge in [0, 0.05) is 6.07 Å². The summed E-state index contributed by atoms with van der Waals surface area (Å²) in [5, 5.41) is 15.6. The number of aromatic nitrogens is 3. The molecule has 1 aromatic carbocycles. The van der Waals surface area contributed by atoms with Gasteiger partial charge in [-0.2, -0.15) is 5.10 Å². The average molecular weight is 352 g/mol. The van der Waals surface area contributed by atoms with Gasteiger partial charge in [-0.15, -0.1) is 0 Å². The number of amides is 3. The van der Waals surface area contributed by atoms with Gasteiger partial charge in [0.05, 0.1) is 22.6 Å². The Labute approximate surface area is 148 Å². The second-order valence-corrected chi connectivity index (χ2v) is 5.88. The minimum Gasteiger partial charge on any atom is -0.443 e. The zero-order chi connectivity index (χ0) is 18.1. The number of carbonyl (C=O) groups is 2. The number of ether oxygens (including phenoxy) is 1. The Hall–Kier alpha value is -3.62. The summed E-state index contributed by atoms with van der Waals surface area (Å²) in [7, 11) is 0. The van der Waals surface area contributed by atoms with Crippen LogP contribution in [0.1, 0.15) is 24.2 Å². The zero-order valence-corrected chi connectivity index (χ0v) is 13.9. The molecule has 0 fully saturated rings. The number of hydrogen-bond donors (Lipinski definition) is 4. The molecule has 2 aromatic heterocycles. The van der Waals surface area contributed by atoms with E-state index in [0.29, 0.717) is 28.2 Å². The fourth-order valence-corrected chi connectivity index (χ4v) is 2.82. The van der Waals surface area contributed by atoms with Crippen molar-refractivity contribution in [3.8, 4) is 0 Å². The van der Waals surface area contributed by atoms with Crippen LogP contribution in [0, 0.1) is 0 Å². The van der Waals surface area contributed by atoms with E-state index in [1.807, 2.05) is 37.3 Å². The standard InChI is InChI=1S/C17H16N6O3/c1-9(10-5-3-2-4-6-10)18-16(24)20-13-7-11-14-12(19-13)8-26-17(25)21-15(14)23-22-11/h2-7,9H,8H2,1H3,(H2,18,19,20,24)(H2,21,22,23,25). The lowest BCUT2D eigenvalue weighted by Gasteiger charge is -2.15. The number of nitrogens with one attached hydrogen (secondary N) is 4. The molecule has 9 heteroatoms. The fourth-order valence-electron chi connectivity index (χ4n) is 2.82. The van der Waals surface area contributed by atoms with Gasteiger partial charge >= 0.3 is 12.1 Å². The summed E-state index contributed by atoms with van der Waals surface area (Å²) in [4.78, 5) is 28.2. The summed E-state index contributed by atoms with van der Waals surface area (Å²) in [6.45, 7) is 1.89. The Balaban J connectivity index is 1.53. The van der Waals surface area contributed by atoms with Crippen LogP contribution in [0.3, 0.4) is 0 Å². The molecule has 1 aliphatic heterocycles. The fraction of sp³-hybridized carbons (Fsp3) is 0.176. The van der Waals surface area contributed by atoms with E-state index >= 15 is 0 Å². The molecule has 4 N–H and O–H groups in total.